The Morgan fingerprint density at radius 3 is 2.59 bits per heavy atom. The maximum absolute atomic E-state index is 14.1. The molecule has 0 heterocycles. The van der Waals surface area contributed by atoms with Gasteiger partial charge in [0.15, 0.2) is 0 Å². The number of amides is 1. The molecule has 0 aliphatic heterocycles. The van der Waals surface area contributed by atoms with Crippen LogP contribution in [-0.2, 0) is 4.79 Å². The lowest BCUT2D eigenvalue weighted by Gasteiger charge is -2.26. The lowest BCUT2D eigenvalue weighted by molar-refractivity contribution is -0.122. The highest BCUT2D eigenvalue weighted by atomic mass is 35.5. The van der Waals surface area contributed by atoms with Crippen LogP contribution in [0.2, 0.25) is 0 Å². The Labute approximate surface area is 138 Å². The van der Waals surface area contributed by atoms with Crippen molar-refractivity contribution in [3.8, 4) is 0 Å². The van der Waals surface area contributed by atoms with Crippen molar-refractivity contribution < 1.29 is 9.18 Å². The van der Waals surface area contributed by atoms with Crippen LogP contribution in [0.3, 0.4) is 0 Å². The third kappa shape index (κ3) is 5.25. The van der Waals surface area contributed by atoms with Crippen LogP contribution in [0, 0.1) is 11.7 Å². The summed E-state index contributed by atoms with van der Waals surface area (Å²) in [6, 6.07) is 6.55. The molecule has 1 amide bonds. The maximum Gasteiger partial charge on any atom is 0.220 e. The van der Waals surface area contributed by atoms with Crippen molar-refractivity contribution >= 4 is 18.3 Å². The molecule has 1 aromatic rings. The van der Waals surface area contributed by atoms with Crippen molar-refractivity contribution in [2.75, 3.05) is 0 Å². The third-order valence-corrected chi connectivity index (χ3v) is 4.25. The molecule has 124 valence electrons. The van der Waals surface area contributed by atoms with Gasteiger partial charge in [-0.2, -0.15) is 0 Å². The van der Waals surface area contributed by atoms with Gasteiger partial charge in [0.05, 0.1) is 6.04 Å². The van der Waals surface area contributed by atoms with E-state index in [1.165, 1.54) is 6.07 Å². The topological polar surface area (TPSA) is 55.1 Å². The van der Waals surface area contributed by atoms with Crippen LogP contribution in [0.4, 0.5) is 4.39 Å². The summed E-state index contributed by atoms with van der Waals surface area (Å²) in [5.41, 5.74) is 6.30. The largest absolute Gasteiger partial charge is 0.349 e. The van der Waals surface area contributed by atoms with Crippen LogP contribution in [0.5, 0.6) is 0 Å². The number of carbonyl (C=O) groups excluding carboxylic acids is 1. The smallest absolute Gasteiger partial charge is 0.220 e. The molecule has 1 aliphatic rings. The predicted molar refractivity (Wildman–Crippen MR) is 89.4 cm³/mol. The van der Waals surface area contributed by atoms with E-state index in [9.17, 15) is 9.18 Å². The number of benzene rings is 1. The fourth-order valence-corrected chi connectivity index (χ4v) is 3.07. The summed E-state index contributed by atoms with van der Waals surface area (Å²) in [5.74, 6) is 0.0653. The van der Waals surface area contributed by atoms with Crippen molar-refractivity contribution in [2.24, 2.45) is 11.7 Å². The zero-order chi connectivity index (χ0) is 15.2. The molecule has 5 heteroatoms. The van der Waals surface area contributed by atoms with E-state index in [0.717, 1.165) is 25.7 Å². The summed E-state index contributed by atoms with van der Waals surface area (Å²) in [6.45, 7) is 1.89. The molecule has 1 saturated carbocycles. The molecule has 0 bridgehead atoms. The summed E-state index contributed by atoms with van der Waals surface area (Å²) in [6.07, 6.45) is 5.46. The molecule has 2 unspecified atom stereocenters. The van der Waals surface area contributed by atoms with Crippen molar-refractivity contribution in [1.29, 1.82) is 0 Å². The van der Waals surface area contributed by atoms with Gasteiger partial charge in [0.1, 0.15) is 5.82 Å². The van der Waals surface area contributed by atoms with Gasteiger partial charge in [-0.3, -0.25) is 4.79 Å². The van der Waals surface area contributed by atoms with Crippen LogP contribution in [0.1, 0.15) is 57.1 Å². The zero-order valence-corrected chi connectivity index (χ0v) is 13.9. The molecule has 2 atom stereocenters. The fraction of sp³-hybridized carbons (Fsp3) is 0.588. The summed E-state index contributed by atoms with van der Waals surface area (Å²) in [5, 5.41) is 3.04. The van der Waals surface area contributed by atoms with Crippen LogP contribution in [0.25, 0.3) is 0 Å². The van der Waals surface area contributed by atoms with Gasteiger partial charge in [-0.05, 0) is 38.2 Å². The summed E-state index contributed by atoms with van der Waals surface area (Å²) in [4.78, 5) is 12.1. The monoisotopic (exact) mass is 328 g/mol. The third-order valence-electron chi connectivity index (χ3n) is 4.25. The normalized spacial score (nSPS) is 17.6. The van der Waals surface area contributed by atoms with E-state index < -0.39 is 0 Å². The van der Waals surface area contributed by atoms with Crippen molar-refractivity contribution in [2.45, 2.75) is 57.5 Å². The van der Waals surface area contributed by atoms with Crippen molar-refractivity contribution in [3.63, 3.8) is 0 Å². The Balaban J connectivity index is 0.00000242. The molecule has 1 aliphatic carbocycles. The highest BCUT2D eigenvalue weighted by Gasteiger charge is 2.29. The standard InChI is InChI=1S/C17H25FN2O.ClH/c1-12(19)10-11-16(21)20-17(13-6-2-3-7-13)14-8-4-5-9-15(14)18;/h4-5,8-9,12-13,17H,2-3,6-7,10-11,19H2,1H3,(H,20,21);1H. The lowest BCUT2D eigenvalue weighted by Crippen LogP contribution is -2.34. The minimum Gasteiger partial charge on any atom is -0.349 e. The van der Waals surface area contributed by atoms with Gasteiger partial charge in [-0.15, -0.1) is 12.4 Å². The van der Waals surface area contributed by atoms with E-state index in [-0.39, 0.29) is 36.2 Å². The highest BCUT2D eigenvalue weighted by molar-refractivity contribution is 5.85. The fourth-order valence-electron chi connectivity index (χ4n) is 3.07. The van der Waals surface area contributed by atoms with Crippen LogP contribution >= 0.6 is 12.4 Å². The van der Waals surface area contributed by atoms with E-state index in [2.05, 4.69) is 5.32 Å². The highest BCUT2D eigenvalue weighted by Crippen LogP contribution is 2.36. The molecule has 0 saturated heterocycles. The zero-order valence-electron chi connectivity index (χ0n) is 13.1. The minimum atomic E-state index is -0.234. The molecule has 0 spiro atoms. The first-order valence-electron chi connectivity index (χ1n) is 7.87. The number of nitrogens with one attached hydrogen (secondary N) is 1. The number of hydrogen-bond donors (Lipinski definition) is 2. The second-order valence-electron chi connectivity index (χ2n) is 6.13. The van der Waals surface area contributed by atoms with E-state index in [1.54, 1.807) is 12.1 Å². The van der Waals surface area contributed by atoms with Gasteiger partial charge in [0, 0.05) is 18.0 Å². The molecule has 0 aromatic heterocycles. The van der Waals surface area contributed by atoms with Gasteiger partial charge >= 0.3 is 0 Å². The molecule has 0 radical (unpaired) electrons. The van der Waals surface area contributed by atoms with E-state index in [0.29, 0.717) is 24.3 Å². The number of rotatable bonds is 6. The van der Waals surface area contributed by atoms with E-state index in [4.69, 9.17) is 5.73 Å². The van der Waals surface area contributed by atoms with Crippen molar-refractivity contribution in [3.05, 3.63) is 35.6 Å². The van der Waals surface area contributed by atoms with Gasteiger partial charge in [0.2, 0.25) is 5.91 Å². The predicted octanol–water partition coefficient (Wildman–Crippen LogP) is 3.72. The van der Waals surface area contributed by atoms with Gasteiger partial charge in [-0.25, -0.2) is 4.39 Å². The lowest BCUT2D eigenvalue weighted by atomic mass is 9.91. The first-order chi connectivity index (χ1) is 10.1. The number of hydrogen-bond acceptors (Lipinski definition) is 2. The molecular formula is C17H26ClFN2O. The quantitative estimate of drug-likeness (QED) is 0.836. The molecule has 3 nitrogen and oxygen atoms in total. The summed E-state index contributed by atoms with van der Waals surface area (Å²) >= 11 is 0. The molecule has 2 rings (SSSR count). The van der Waals surface area contributed by atoms with Crippen LogP contribution < -0.4 is 11.1 Å². The van der Waals surface area contributed by atoms with Crippen molar-refractivity contribution in [1.82, 2.24) is 5.32 Å². The number of nitrogens with two attached hydrogens (primary N) is 1. The molecular weight excluding hydrogens is 303 g/mol. The first kappa shape index (κ1) is 18.9. The Bertz CT molecular complexity index is 475. The molecule has 1 fully saturated rings. The van der Waals surface area contributed by atoms with Crippen LogP contribution in [-0.4, -0.2) is 11.9 Å². The molecule has 1 aromatic carbocycles. The first-order valence-corrected chi connectivity index (χ1v) is 7.87. The Morgan fingerprint density at radius 1 is 1.36 bits per heavy atom. The number of carbonyl (C=O) groups is 1. The summed E-state index contributed by atoms with van der Waals surface area (Å²) < 4.78 is 14.1. The van der Waals surface area contributed by atoms with Gasteiger partial charge < -0.3 is 11.1 Å². The van der Waals surface area contributed by atoms with E-state index in [1.807, 2.05) is 13.0 Å². The van der Waals surface area contributed by atoms with Gasteiger partial charge in [0.25, 0.3) is 0 Å². The molecule has 3 N–H and O–H groups in total. The average Bonchev–Trinajstić information content (AvgIpc) is 2.97. The maximum atomic E-state index is 14.1. The second kappa shape index (κ2) is 9.11. The summed E-state index contributed by atoms with van der Waals surface area (Å²) in [7, 11) is 0. The Kier molecular flexibility index (Phi) is 7.83. The second-order valence-corrected chi connectivity index (χ2v) is 6.13. The minimum absolute atomic E-state index is 0. The Hall–Kier alpha value is -1.13. The molecule has 22 heavy (non-hydrogen) atoms. The van der Waals surface area contributed by atoms with Gasteiger partial charge in [-0.1, -0.05) is 31.0 Å². The SMILES string of the molecule is CC(N)CCC(=O)NC(c1ccccc1F)C1CCCC1.Cl. The Morgan fingerprint density at radius 2 is 2.00 bits per heavy atom. The number of halogens is 2. The van der Waals surface area contributed by atoms with E-state index >= 15 is 0 Å². The van der Waals surface area contributed by atoms with Crippen LogP contribution in [0.15, 0.2) is 24.3 Å². The average molecular weight is 329 g/mol.